The minimum atomic E-state index is -0.600. The highest BCUT2D eigenvalue weighted by molar-refractivity contribution is 5.61. The van der Waals surface area contributed by atoms with E-state index in [2.05, 4.69) is 11.2 Å². The van der Waals surface area contributed by atoms with Gasteiger partial charge in [0.05, 0.1) is 6.20 Å². The molecule has 1 radical (unpaired) electrons. The molecule has 0 unspecified atom stereocenters. The van der Waals surface area contributed by atoms with Crippen LogP contribution in [0, 0.1) is 17.8 Å². The van der Waals surface area contributed by atoms with Crippen molar-refractivity contribution < 1.29 is 8.78 Å². The third-order valence-electron chi connectivity index (χ3n) is 1.78. The summed E-state index contributed by atoms with van der Waals surface area (Å²) in [5, 5.41) is 0. The molecule has 0 aliphatic heterocycles. The Labute approximate surface area is 80.0 Å². The van der Waals surface area contributed by atoms with Crippen LogP contribution in [0.3, 0.4) is 0 Å². The van der Waals surface area contributed by atoms with Crippen molar-refractivity contribution in [3.05, 3.63) is 54.4 Å². The van der Waals surface area contributed by atoms with Gasteiger partial charge in [0.2, 0.25) is 0 Å². The summed E-state index contributed by atoms with van der Waals surface area (Å²) in [6.07, 6.45) is 4.21. The Morgan fingerprint density at radius 2 is 1.79 bits per heavy atom. The number of nitrogens with zero attached hydrogens (tertiary/aromatic N) is 1. The van der Waals surface area contributed by atoms with Gasteiger partial charge in [-0.2, -0.15) is 0 Å². The lowest BCUT2D eigenvalue weighted by molar-refractivity contribution is 0.584. The third kappa shape index (κ3) is 1.76. The van der Waals surface area contributed by atoms with Gasteiger partial charge in [0, 0.05) is 17.8 Å². The fraction of sp³-hybridized carbons (Fsp3) is 0. The van der Waals surface area contributed by atoms with Crippen LogP contribution in [0.5, 0.6) is 0 Å². The summed E-state index contributed by atoms with van der Waals surface area (Å²) in [4.78, 5) is 3.75. The average Bonchev–Trinajstić information content (AvgIpc) is 2.18. The number of halogens is 2. The predicted molar refractivity (Wildman–Crippen MR) is 48.4 cm³/mol. The van der Waals surface area contributed by atoms with E-state index in [0.29, 0.717) is 11.1 Å². The van der Waals surface area contributed by atoms with Crippen molar-refractivity contribution in [1.29, 1.82) is 0 Å². The monoisotopic (exact) mass is 190 g/mol. The van der Waals surface area contributed by atoms with E-state index in [1.165, 1.54) is 12.1 Å². The molecule has 0 amide bonds. The second-order valence-electron chi connectivity index (χ2n) is 2.82. The highest BCUT2D eigenvalue weighted by Crippen LogP contribution is 2.19. The van der Waals surface area contributed by atoms with Crippen LogP contribution < -0.4 is 0 Å². The minimum absolute atomic E-state index is 0.440. The molecule has 1 nitrogen and oxygen atoms in total. The molecule has 0 spiro atoms. The Hall–Kier alpha value is -1.77. The van der Waals surface area contributed by atoms with Crippen LogP contribution in [-0.4, -0.2) is 4.98 Å². The van der Waals surface area contributed by atoms with Crippen molar-refractivity contribution in [2.75, 3.05) is 0 Å². The van der Waals surface area contributed by atoms with Gasteiger partial charge >= 0.3 is 0 Å². The number of hydrogen-bond donors (Lipinski definition) is 0. The molecule has 3 heteroatoms. The van der Waals surface area contributed by atoms with Crippen LogP contribution in [0.25, 0.3) is 11.1 Å². The van der Waals surface area contributed by atoms with Crippen molar-refractivity contribution in [2.45, 2.75) is 0 Å². The molecule has 0 saturated carbocycles. The van der Waals surface area contributed by atoms with Crippen LogP contribution in [0.2, 0.25) is 0 Å². The second kappa shape index (κ2) is 3.54. The van der Waals surface area contributed by atoms with E-state index in [4.69, 9.17) is 0 Å². The van der Waals surface area contributed by atoms with Gasteiger partial charge in [0.15, 0.2) is 0 Å². The van der Waals surface area contributed by atoms with Crippen molar-refractivity contribution >= 4 is 0 Å². The van der Waals surface area contributed by atoms with E-state index in [9.17, 15) is 8.78 Å². The summed E-state index contributed by atoms with van der Waals surface area (Å²) in [5.41, 5.74) is 1.02. The molecule has 2 aromatic rings. The standard InChI is InChI=1S/C11H6F2N/c12-10-4-9(5-11(13)6-10)8-2-1-3-14-7-8/h1-6H. The van der Waals surface area contributed by atoms with Gasteiger partial charge in [-0.1, -0.05) is 6.07 Å². The van der Waals surface area contributed by atoms with Crippen LogP contribution in [0.4, 0.5) is 8.78 Å². The summed E-state index contributed by atoms with van der Waals surface area (Å²) in [6.45, 7) is 0. The maximum Gasteiger partial charge on any atom is 0.126 e. The molecule has 1 aromatic carbocycles. The van der Waals surface area contributed by atoms with Crippen LogP contribution >= 0.6 is 0 Å². The highest BCUT2D eigenvalue weighted by Gasteiger charge is 2.02. The van der Waals surface area contributed by atoms with Gasteiger partial charge in [0.1, 0.15) is 11.6 Å². The number of aromatic nitrogens is 1. The van der Waals surface area contributed by atoms with Crippen molar-refractivity contribution in [2.24, 2.45) is 0 Å². The number of benzene rings is 1. The predicted octanol–water partition coefficient (Wildman–Crippen LogP) is 2.83. The topological polar surface area (TPSA) is 12.9 Å². The fourth-order valence-electron chi connectivity index (χ4n) is 1.20. The Bertz CT molecular complexity index is 420. The number of rotatable bonds is 1. The zero-order chi connectivity index (χ0) is 9.97. The van der Waals surface area contributed by atoms with Crippen molar-refractivity contribution in [3.63, 3.8) is 0 Å². The Morgan fingerprint density at radius 3 is 2.36 bits per heavy atom. The fourth-order valence-corrected chi connectivity index (χ4v) is 1.20. The maximum atomic E-state index is 12.8. The van der Waals surface area contributed by atoms with E-state index in [-0.39, 0.29) is 0 Å². The molecule has 0 aliphatic carbocycles. The van der Waals surface area contributed by atoms with E-state index >= 15 is 0 Å². The van der Waals surface area contributed by atoms with Crippen LogP contribution in [-0.2, 0) is 0 Å². The Balaban J connectivity index is 2.52. The summed E-state index contributed by atoms with van der Waals surface area (Å²) in [6, 6.07) is 6.71. The molecule has 14 heavy (non-hydrogen) atoms. The van der Waals surface area contributed by atoms with Gasteiger partial charge < -0.3 is 0 Å². The molecule has 2 rings (SSSR count). The molecule has 0 bridgehead atoms. The zero-order valence-electron chi connectivity index (χ0n) is 7.17. The van der Waals surface area contributed by atoms with Gasteiger partial charge in [-0.15, -0.1) is 0 Å². The quantitative estimate of drug-likeness (QED) is 0.673. The zero-order valence-corrected chi connectivity index (χ0v) is 7.17. The summed E-state index contributed by atoms with van der Waals surface area (Å²) in [5.74, 6) is -1.20. The van der Waals surface area contributed by atoms with E-state index in [1.54, 1.807) is 18.3 Å². The molecular weight excluding hydrogens is 184 g/mol. The molecule has 0 atom stereocenters. The third-order valence-corrected chi connectivity index (χ3v) is 1.78. The molecule has 69 valence electrons. The average molecular weight is 190 g/mol. The van der Waals surface area contributed by atoms with E-state index in [0.717, 1.165) is 6.07 Å². The summed E-state index contributed by atoms with van der Waals surface area (Å²) >= 11 is 0. The molecule has 0 N–H and O–H groups in total. The van der Waals surface area contributed by atoms with Crippen LogP contribution in [0.15, 0.2) is 36.5 Å². The first-order valence-electron chi connectivity index (χ1n) is 4.05. The molecular formula is C11H6F2N. The first-order chi connectivity index (χ1) is 6.75. The van der Waals surface area contributed by atoms with Crippen LogP contribution in [0.1, 0.15) is 0 Å². The first kappa shape index (κ1) is 8.81. The van der Waals surface area contributed by atoms with E-state index in [1.807, 2.05) is 0 Å². The Morgan fingerprint density at radius 1 is 1.07 bits per heavy atom. The number of hydrogen-bond acceptors (Lipinski definition) is 1. The summed E-state index contributed by atoms with van der Waals surface area (Å²) < 4.78 is 25.7. The lowest BCUT2D eigenvalue weighted by Crippen LogP contribution is -1.84. The largest absolute Gasteiger partial charge is 0.254 e. The molecule has 0 aliphatic rings. The van der Waals surface area contributed by atoms with Gasteiger partial charge in [-0.25, -0.2) is 8.78 Å². The molecule has 1 heterocycles. The Kier molecular flexibility index (Phi) is 2.23. The van der Waals surface area contributed by atoms with Crippen molar-refractivity contribution in [3.8, 4) is 11.1 Å². The minimum Gasteiger partial charge on any atom is -0.254 e. The molecule has 1 aromatic heterocycles. The van der Waals surface area contributed by atoms with E-state index < -0.39 is 11.6 Å². The molecule has 0 saturated heterocycles. The highest BCUT2D eigenvalue weighted by atomic mass is 19.1. The van der Waals surface area contributed by atoms with Gasteiger partial charge in [-0.3, -0.25) is 4.98 Å². The van der Waals surface area contributed by atoms with Gasteiger partial charge in [-0.05, 0) is 23.8 Å². The smallest absolute Gasteiger partial charge is 0.126 e. The summed E-state index contributed by atoms with van der Waals surface area (Å²) in [7, 11) is 0. The lowest BCUT2D eigenvalue weighted by atomic mass is 10.1. The SMILES string of the molecule is Fc1cc(F)cc(-c2[c]nccc2)c1. The lowest BCUT2D eigenvalue weighted by Gasteiger charge is -2.00. The maximum absolute atomic E-state index is 12.8. The second-order valence-corrected chi connectivity index (χ2v) is 2.82. The van der Waals surface area contributed by atoms with Gasteiger partial charge in [0.25, 0.3) is 0 Å². The number of pyridine rings is 1. The normalized spacial score (nSPS) is 10.1. The first-order valence-corrected chi connectivity index (χ1v) is 4.05. The van der Waals surface area contributed by atoms with Crippen molar-refractivity contribution in [1.82, 2.24) is 4.98 Å². The molecule has 0 fully saturated rings.